The lowest BCUT2D eigenvalue weighted by atomic mass is 9.63. The van der Waals surface area contributed by atoms with Crippen molar-refractivity contribution >= 4 is 6.29 Å². The zero-order chi connectivity index (χ0) is 23.4. The van der Waals surface area contributed by atoms with Crippen LogP contribution in [0.5, 0.6) is 0 Å². The molecule has 0 saturated heterocycles. The topological polar surface area (TPSA) is 40.9 Å². The average Bonchev–Trinajstić information content (AvgIpc) is 2.87. The van der Waals surface area contributed by atoms with Gasteiger partial charge in [0.15, 0.2) is 0 Å². The van der Waals surface area contributed by atoms with Crippen molar-refractivity contribution in [1.82, 2.24) is 0 Å². The third-order valence-corrected chi connectivity index (χ3v) is 8.46. The van der Waals surface area contributed by atoms with Gasteiger partial charge in [-0.3, -0.25) is 0 Å². The van der Waals surface area contributed by atoms with Crippen LogP contribution in [0.4, 0.5) is 0 Å². The fraction of sp³-hybridized carbons (Fsp3) is 0.613. The van der Waals surface area contributed by atoms with Gasteiger partial charge in [0, 0.05) is 11.5 Å². The molecule has 33 heavy (non-hydrogen) atoms. The van der Waals surface area contributed by atoms with Crippen LogP contribution in [0, 0.1) is 28.6 Å². The maximum Gasteiger partial charge on any atom is 0.126 e. The molecule has 0 spiro atoms. The van der Waals surface area contributed by atoms with Gasteiger partial charge in [0.1, 0.15) is 6.29 Å². The van der Waals surface area contributed by atoms with Gasteiger partial charge in [-0.25, -0.2) is 0 Å². The third-order valence-electron chi connectivity index (χ3n) is 8.46. The summed E-state index contributed by atoms with van der Waals surface area (Å²) in [6, 6.07) is 11.5. The van der Waals surface area contributed by atoms with Gasteiger partial charge in [-0.1, -0.05) is 62.3 Å². The summed E-state index contributed by atoms with van der Waals surface area (Å²) in [5.41, 5.74) is 2.93. The van der Waals surface area contributed by atoms with Crippen molar-refractivity contribution in [2.45, 2.75) is 103 Å². The number of benzene rings is 1. The molecule has 0 heterocycles. The Hall–Kier alpha value is -2.14. The van der Waals surface area contributed by atoms with Gasteiger partial charge in [-0.05, 0) is 106 Å². The van der Waals surface area contributed by atoms with E-state index in [4.69, 9.17) is 5.26 Å². The largest absolute Gasteiger partial charge is 0.303 e. The molecule has 1 aromatic carbocycles. The van der Waals surface area contributed by atoms with E-state index in [1.165, 1.54) is 82.1 Å². The third kappa shape index (κ3) is 7.70. The second-order valence-corrected chi connectivity index (χ2v) is 10.6. The van der Waals surface area contributed by atoms with E-state index in [1.807, 2.05) is 12.1 Å². The van der Waals surface area contributed by atoms with Gasteiger partial charge in [0.25, 0.3) is 0 Å². The minimum absolute atomic E-state index is 0.115. The van der Waals surface area contributed by atoms with Crippen molar-refractivity contribution in [3.63, 3.8) is 0 Å². The van der Waals surface area contributed by atoms with E-state index in [0.29, 0.717) is 0 Å². The van der Waals surface area contributed by atoms with Crippen LogP contribution in [-0.4, -0.2) is 6.29 Å². The number of carbonyl (C=O) groups is 1. The monoisotopic (exact) mass is 445 g/mol. The molecule has 2 nitrogen and oxygen atoms in total. The molecule has 3 rings (SSSR count). The Morgan fingerprint density at radius 1 is 0.970 bits per heavy atom. The summed E-state index contributed by atoms with van der Waals surface area (Å²) in [6.07, 6.45) is 25.5. The average molecular weight is 446 g/mol. The van der Waals surface area contributed by atoms with E-state index in [-0.39, 0.29) is 5.41 Å². The predicted molar refractivity (Wildman–Crippen MR) is 138 cm³/mol. The van der Waals surface area contributed by atoms with Gasteiger partial charge in [0.2, 0.25) is 0 Å². The van der Waals surface area contributed by atoms with E-state index in [1.54, 1.807) is 11.6 Å². The summed E-state index contributed by atoms with van der Waals surface area (Å²) in [4.78, 5) is 11.9. The molecule has 2 aliphatic rings. The number of allylic oxidation sites excluding steroid dienone is 4. The van der Waals surface area contributed by atoms with E-state index in [2.05, 4.69) is 37.3 Å². The Morgan fingerprint density at radius 3 is 2.30 bits per heavy atom. The van der Waals surface area contributed by atoms with Crippen molar-refractivity contribution in [3.8, 4) is 6.07 Å². The van der Waals surface area contributed by atoms with Crippen molar-refractivity contribution in [2.24, 2.45) is 17.3 Å². The van der Waals surface area contributed by atoms with Crippen LogP contribution < -0.4 is 0 Å². The minimum atomic E-state index is -0.115. The highest BCUT2D eigenvalue weighted by molar-refractivity contribution is 5.59. The van der Waals surface area contributed by atoms with Crippen molar-refractivity contribution in [2.75, 3.05) is 0 Å². The van der Waals surface area contributed by atoms with Crippen LogP contribution in [0.15, 0.2) is 48.6 Å². The zero-order valence-corrected chi connectivity index (χ0v) is 20.7. The van der Waals surface area contributed by atoms with Crippen LogP contribution in [0.25, 0.3) is 0 Å². The molecular weight excluding hydrogens is 402 g/mol. The fourth-order valence-corrected chi connectivity index (χ4v) is 6.22. The Balaban J connectivity index is 1.41. The summed E-state index contributed by atoms with van der Waals surface area (Å²) in [6.45, 7) is 2.27. The highest BCUT2D eigenvalue weighted by atomic mass is 16.1. The van der Waals surface area contributed by atoms with Crippen LogP contribution in [-0.2, 0) is 11.2 Å². The molecule has 0 atom stereocenters. The number of unbranched alkanes of at least 4 members (excludes halogenated alkanes) is 2. The normalized spacial score (nSPS) is 28.2. The molecule has 0 unspecified atom stereocenters. The Morgan fingerprint density at radius 2 is 1.67 bits per heavy atom. The molecule has 0 aliphatic heterocycles. The standard InChI is InChI=1S/C31H43NO/c1-2-3-7-10-26-11-13-27(14-12-26)28-15-17-29(18-16-28)30-19-22-31(25-33,23-20-30)21-8-5-4-6-9-24-32/h4-6,9,11-14,25,28-30H,2-3,7-8,10,15-23H2,1H3. The lowest BCUT2D eigenvalue weighted by molar-refractivity contribution is -0.119. The van der Waals surface area contributed by atoms with E-state index in [9.17, 15) is 4.79 Å². The second kappa shape index (κ2) is 13.5. The number of nitrogens with zero attached hydrogens (tertiary/aromatic N) is 1. The van der Waals surface area contributed by atoms with Crippen molar-refractivity contribution < 1.29 is 4.79 Å². The minimum Gasteiger partial charge on any atom is -0.303 e. The smallest absolute Gasteiger partial charge is 0.126 e. The number of hydrogen-bond donors (Lipinski definition) is 0. The van der Waals surface area contributed by atoms with Crippen molar-refractivity contribution in [1.29, 1.82) is 5.26 Å². The number of carbonyl (C=O) groups excluding carboxylic acids is 1. The lowest BCUT2D eigenvalue weighted by Gasteiger charge is -2.41. The first-order chi connectivity index (χ1) is 16.2. The van der Waals surface area contributed by atoms with E-state index < -0.39 is 0 Å². The molecule has 2 aliphatic carbocycles. The molecule has 0 N–H and O–H groups in total. The summed E-state index contributed by atoms with van der Waals surface area (Å²) < 4.78 is 0. The van der Waals surface area contributed by atoms with Crippen LogP contribution in [0.1, 0.15) is 107 Å². The summed E-state index contributed by atoms with van der Waals surface area (Å²) in [7, 11) is 0. The first-order valence-electron chi connectivity index (χ1n) is 13.5. The molecule has 2 saturated carbocycles. The molecule has 2 fully saturated rings. The van der Waals surface area contributed by atoms with Gasteiger partial charge in [0.05, 0.1) is 6.07 Å². The molecule has 0 aromatic heterocycles. The Bertz CT molecular complexity index is 796. The number of hydrogen-bond acceptors (Lipinski definition) is 2. The summed E-state index contributed by atoms with van der Waals surface area (Å²) >= 11 is 0. The van der Waals surface area contributed by atoms with Crippen LogP contribution >= 0.6 is 0 Å². The van der Waals surface area contributed by atoms with E-state index >= 15 is 0 Å². The molecule has 178 valence electrons. The van der Waals surface area contributed by atoms with Gasteiger partial charge < -0.3 is 4.79 Å². The first-order valence-corrected chi connectivity index (χ1v) is 13.5. The van der Waals surface area contributed by atoms with Gasteiger partial charge >= 0.3 is 0 Å². The number of rotatable bonds is 11. The Labute approximate surface area is 202 Å². The summed E-state index contributed by atoms with van der Waals surface area (Å²) in [5, 5.41) is 8.54. The van der Waals surface area contributed by atoms with Crippen LogP contribution in [0.3, 0.4) is 0 Å². The first kappa shape index (κ1) is 25.5. The zero-order valence-electron chi connectivity index (χ0n) is 20.7. The maximum atomic E-state index is 11.9. The van der Waals surface area contributed by atoms with Gasteiger partial charge in [-0.15, -0.1) is 0 Å². The molecule has 2 heteroatoms. The number of aldehydes is 1. The second-order valence-electron chi connectivity index (χ2n) is 10.6. The number of nitriles is 1. The fourth-order valence-electron chi connectivity index (χ4n) is 6.22. The molecular formula is C31H43NO. The molecule has 1 aromatic rings. The van der Waals surface area contributed by atoms with Crippen LogP contribution in [0.2, 0.25) is 0 Å². The van der Waals surface area contributed by atoms with Crippen molar-refractivity contribution in [3.05, 3.63) is 59.7 Å². The Kier molecular flexibility index (Phi) is 10.5. The molecule has 0 amide bonds. The summed E-state index contributed by atoms with van der Waals surface area (Å²) in [5.74, 6) is 2.41. The van der Waals surface area contributed by atoms with E-state index in [0.717, 1.165) is 43.4 Å². The highest BCUT2D eigenvalue weighted by Gasteiger charge is 2.38. The van der Waals surface area contributed by atoms with Gasteiger partial charge in [-0.2, -0.15) is 5.26 Å². The molecule has 0 bridgehead atoms. The quantitative estimate of drug-likeness (QED) is 0.148. The predicted octanol–water partition coefficient (Wildman–Crippen LogP) is 8.48. The molecule has 0 radical (unpaired) electrons. The maximum absolute atomic E-state index is 11.9. The number of aryl methyl sites for hydroxylation is 1. The SMILES string of the molecule is CCCCCc1ccc(C2CCC(C3CCC(C=O)(CCC=CC=CC#N)CC3)CC2)cc1. The lowest BCUT2D eigenvalue weighted by Crippen LogP contribution is -2.32. The highest BCUT2D eigenvalue weighted by Crippen LogP contribution is 2.48.